The van der Waals surface area contributed by atoms with E-state index >= 15 is 0 Å². The van der Waals surface area contributed by atoms with Gasteiger partial charge in [0.05, 0.1) is 35.1 Å². The van der Waals surface area contributed by atoms with Gasteiger partial charge in [-0.05, 0) is 30.2 Å². The molecule has 1 atom stereocenters. The molecule has 0 radical (unpaired) electrons. The van der Waals surface area contributed by atoms with Crippen LogP contribution in [0.15, 0.2) is 41.3 Å². The van der Waals surface area contributed by atoms with Crippen LogP contribution >= 0.6 is 11.3 Å². The van der Waals surface area contributed by atoms with Crippen molar-refractivity contribution in [2.24, 2.45) is 5.92 Å². The molecule has 0 fully saturated rings. The number of fused-ring (bicyclic) bond motifs is 1. The second kappa shape index (κ2) is 10.5. The maximum absolute atomic E-state index is 13.2. The van der Waals surface area contributed by atoms with Crippen molar-refractivity contribution >= 4 is 42.4 Å². The van der Waals surface area contributed by atoms with E-state index in [9.17, 15) is 13.2 Å². The molecule has 0 saturated carbocycles. The summed E-state index contributed by atoms with van der Waals surface area (Å²) in [6, 6.07) is 9.36. The highest BCUT2D eigenvalue weighted by molar-refractivity contribution is 7.91. The zero-order chi connectivity index (χ0) is 24.2. The smallest absolute Gasteiger partial charge is 0.247 e. The molecule has 33 heavy (non-hydrogen) atoms. The van der Waals surface area contributed by atoms with Gasteiger partial charge in [0.1, 0.15) is 6.04 Å². The van der Waals surface area contributed by atoms with Gasteiger partial charge >= 0.3 is 0 Å². The molecule has 0 spiro atoms. The minimum Gasteiger partial charge on any atom is -0.493 e. The lowest BCUT2D eigenvalue weighted by Crippen LogP contribution is -2.35. The largest absolute Gasteiger partial charge is 0.493 e. The van der Waals surface area contributed by atoms with E-state index in [1.54, 1.807) is 51.5 Å². The van der Waals surface area contributed by atoms with Gasteiger partial charge in [0.25, 0.3) is 0 Å². The summed E-state index contributed by atoms with van der Waals surface area (Å²) >= 11 is 1.33. The third kappa shape index (κ3) is 5.82. The van der Waals surface area contributed by atoms with Crippen LogP contribution in [0.5, 0.6) is 11.5 Å². The Kier molecular flexibility index (Phi) is 7.93. The van der Waals surface area contributed by atoms with Gasteiger partial charge in [-0.25, -0.2) is 13.4 Å². The van der Waals surface area contributed by atoms with Gasteiger partial charge in [0.15, 0.2) is 26.5 Å². The predicted molar refractivity (Wildman–Crippen MR) is 131 cm³/mol. The Morgan fingerprint density at radius 1 is 1.09 bits per heavy atom. The van der Waals surface area contributed by atoms with Crippen LogP contribution in [0.2, 0.25) is 0 Å². The van der Waals surface area contributed by atoms with E-state index in [1.165, 1.54) is 11.3 Å². The fourth-order valence-electron chi connectivity index (χ4n) is 3.24. The van der Waals surface area contributed by atoms with Gasteiger partial charge in [0.2, 0.25) is 5.91 Å². The molecule has 0 bridgehead atoms. The van der Waals surface area contributed by atoms with Crippen LogP contribution in [0.3, 0.4) is 0 Å². The highest BCUT2D eigenvalue weighted by Crippen LogP contribution is 2.36. The molecule has 1 amide bonds. The maximum Gasteiger partial charge on any atom is 0.247 e. The van der Waals surface area contributed by atoms with Crippen LogP contribution < -0.4 is 20.1 Å². The van der Waals surface area contributed by atoms with E-state index in [1.807, 2.05) is 19.9 Å². The van der Waals surface area contributed by atoms with E-state index < -0.39 is 15.9 Å². The molecule has 0 aliphatic rings. The molecule has 10 heteroatoms. The predicted octanol–water partition coefficient (Wildman–Crippen LogP) is 4.03. The minimum atomic E-state index is -3.31. The Morgan fingerprint density at radius 3 is 2.30 bits per heavy atom. The second-order valence-corrected chi connectivity index (χ2v) is 11.2. The second-order valence-electron chi connectivity index (χ2n) is 7.89. The number of carbonyl (C=O) groups excluding carboxylic acids is 1. The van der Waals surface area contributed by atoms with Crippen LogP contribution in [0.4, 0.5) is 5.13 Å². The molecule has 0 saturated heterocycles. The molecule has 0 aliphatic heterocycles. The third-order valence-electron chi connectivity index (χ3n) is 5.07. The first-order valence-electron chi connectivity index (χ1n) is 10.6. The molecular weight excluding hydrogens is 462 g/mol. The van der Waals surface area contributed by atoms with Crippen LogP contribution in [0.25, 0.3) is 10.2 Å². The van der Waals surface area contributed by atoms with E-state index in [0.29, 0.717) is 40.2 Å². The molecule has 1 aromatic heterocycles. The number of thiazole rings is 1. The van der Waals surface area contributed by atoms with E-state index in [2.05, 4.69) is 15.6 Å². The van der Waals surface area contributed by atoms with Crippen molar-refractivity contribution in [1.29, 1.82) is 0 Å². The van der Waals surface area contributed by atoms with Gasteiger partial charge < -0.3 is 20.1 Å². The number of benzene rings is 2. The van der Waals surface area contributed by atoms with Gasteiger partial charge in [-0.1, -0.05) is 44.2 Å². The first-order chi connectivity index (χ1) is 15.7. The third-order valence-corrected chi connectivity index (χ3v) is 7.75. The number of nitrogens with one attached hydrogen (secondary N) is 2. The van der Waals surface area contributed by atoms with Crippen LogP contribution in [-0.2, 0) is 14.6 Å². The van der Waals surface area contributed by atoms with Crippen molar-refractivity contribution in [1.82, 2.24) is 10.3 Å². The number of rotatable bonds is 10. The first-order valence-corrected chi connectivity index (χ1v) is 13.0. The Hall–Kier alpha value is -2.69. The van der Waals surface area contributed by atoms with Crippen LogP contribution in [0.1, 0.15) is 32.4 Å². The molecule has 2 N–H and O–H groups in total. The summed E-state index contributed by atoms with van der Waals surface area (Å²) in [6.07, 6.45) is 0. The standard InChI is InChI=1S/C23H29N3O5S2/c1-6-33(28,29)16-9-7-15(8-10-16)21(24-13-14(2)3)22(27)26-23-25-17-11-18(30-4)19(31-5)12-20(17)32-23/h7-12,14,21,24H,6,13H2,1-5H3,(H,25,26,27). The van der Waals surface area contributed by atoms with Crippen molar-refractivity contribution in [3.05, 3.63) is 42.0 Å². The highest BCUT2D eigenvalue weighted by atomic mass is 32.2. The average molecular weight is 492 g/mol. The number of nitrogens with zero attached hydrogens (tertiary/aromatic N) is 1. The van der Waals surface area contributed by atoms with E-state index in [0.717, 1.165) is 4.70 Å². The highest BCUT2D eigenvalue weighted by Gasteiger charge is 2.23. The summed E-state index contributed by atoms with van der Waals surface area (Å²) in [6.45, 7) is 6.31. The Morgan fingerprint density at radius 2 is 1.73 bits per heavy atom. The molecular formula is C23H29N3O5S2. The van der Waals surface area contributed by atoms with Gasteiger partial charge in [-0.3, -0.25) is 4.79 Å². The van der Waals surface area contributed by atoms with Crippen molar-refractivity contribution in [2.45, 2.75) is 31.7 Å². The molecule has 1 heterocycles. The minimum absolute atomic E-state index is 0.0229. The molecule has 1 unspecified atom stereocenters. The van der Waals surface area contributed by atoms with Crippen molar-refractivity contribution in [3.63, 3.8) is 0 Å². The SMILES string of the molecule is CCS(=O)(=O)c1ccc(C(NCC(C)C)C(=O)Nc2nc3cc(OC)c(OC)cc3s2)cc1. The van der Waals surface area contributed by atoms with Crippen LogP contribution in [-0.4, -0.2) is 45.8 Å². The van der Waals surface area contributed by atoms with E-state index in [4.69, 9.17) is 9.47 Å². The molecule has 178 valence electrons. The molecule has 3 rings (SSSR count). The number of aromatic nitrogens is 1. The summed E-state index contributed by atoms with van der Waals surface area (Å²) in [4.78, 5) is 18.0. The fourth-order valence-corrected chi connectivity index (χ4v) is 5.00. The average Bonchev–Trinajstić information content (AvgIpc) is 3.19. The fraction of sp³-hybridized carbons (Fsp3) is 0.391. The molecule has 8 nitrogen and oxygen atoms in total. The van der Waals surface area contributed by atoms with Crippen molar-refractivity contribution in [2.75, 3.05) is 31.8 Å². The quantitative estimate of drug-likeness (QED) is 0.441. The Bertz CT molecular complexity index is 1180. The summed E-state index contributed by atoms with van der Waals surface area (Å²) in [5.41, 5.74) is 1.36. The Balaban J connectivity index is 1.87. The van der Waals surface area contributed by atoms with Gasteiger partial charge in [-0.15, -0.1) is 0 Å². The van der Waals surface area contributed by atoms with Gasteiger partial charge in [0, 0.05) is 12.1 Å². The molecule has 2 aromatic carbocycles. The lowest BCUT2D eigenvalue weighted by atomic mass is 10.1. The maximum atomic E-state index is 13.2. The zero-order valence-corrected chi connectivity index (χ0v) is 21.0. The van der Waals surface area contributed by atoms with E-state index in [-0.39, 0.29) is 16.6 Å². The topological polar surface area (TPSA) is 107 Å². The lowest BCUT2D eigenvalue weighted by Gasteiger charge is -2.19. The number of amides is 1. The van der Waals surface area contributed by atoms with Gasteiger partial charge in [-0.2, -0.15) is 0 Å². The number of ether oxygens (including phenoxy) is 2. The number of sulfone groups is 1. The Labute approximate surface area is 198 Å². The summed E-state index contributed by atoms with van der Waals surface area (Å²) in [7, 11) is -0.190. The van der Waals surface area contributed by atoms with Crippen molar-refractivity contribution in [3.8, 4) is 11.5 Å². The van der Waals surface area contributed by atoms with Crippen molar-refractivity contribution < 1.29 is 22.7 Å². The normalized spacial score (nSPS) is 12.7. The zero-order valence-electron chi connectivity index (χ0n) is 19.3. The molecule has 3 aromatic rings. The summed E-state index contributed by atoms with van der Waals surface area (Å²) in [5.74, 6) is 1.22. The summed E-state index contributed by atoms with van der Waals surface area (Å²) < 4.78 is 35.8. The van der Waals surface area contributed by atoms with Crippen LogP contribution in [0, 0.1) is 5.92 Å². The summed E-state index contributed by atoms with van der Waals surface area (Å²) in [5, 5.41) is 6.61. The number of hydrogen-bond donors (Lipinski definition) is 2. The first kappa shape index (κ1) is 24.9. The number of carbonyl (C=O) groups is 1. The number of anilines is 1. The number of methoxy groups -OCH3 is 2. The lowest BCUT2D eigenvalue weighted by molar-refractivity contribution is -0.118. The number of hydrogen-bond acceptors (Lipinski definition) is 8. The monoisotopic (exact) mass is 491 g/mol. The molecule has 0 aliphatic carbocycles.